The summed E-state index contributed by atoms with van der Waals surface area (Å²) in [6, 6.07) is 8.28. The summed E-state index contributed by atoms with van der Waals surface area (Å²) in [5.41, 5.74) is 1.62. The summed E-state index contributed by atoms with van der Waals surface area (Å²) in [5.74, 6) is 0. The Hall–Kier alpha value is -0.730. The number of hydrogen-bond acceptors (Lipinski definition) is 1. The fourth-order valence-electron chi connectivity index (χ4n) is 1.62. The van der Waals surface area contributed by atoms with Crippen molar-refractivity contribution in [2.45, 2.75) is 0 Å². The van der Waals surface area contributed by atoms with Gasteiger partial charge in [-0.1, -0.05) is 58.5 Å². The summed E-state index contributed by atoms with van der Waals surface area (Å²) in [4.78, 5) is 11.1. The van der Waals surface area contributed by atoms with Crippen LogP contribution in [0.4, 0.5) is 0 Å². The molecule has 2 rings (SSSR count). The highest BCUT2D eigenvalue weighted by Gasteiger charge is 2.13. The first-order valence-corrected chi connectivity index (χ1v) is 6.44. The molecule has 92 valence electrons. The van der Waals surface area contributed by atoms with Gasteiger partial charge < -0.3 is 0 Å². The zero-order valence-corrected chi connectivity index (χ0v) is 11.9. The Morgan fingerprint density at radius 1 is 0.778 bits per heavy atom. The number of carbonyl (C=O) groups is 1. The van der Waals surface area contributed by atoms with E-state index in [9.17, 15) is 4.79 Å². The van der Waals surface area contributed by atoms with Gasteiger partial charge in [-0.2, -0.15) is 0 Å². The van der Waals surface area contributed by atoms with Crippen LogP contribution in [0.1, 0.15) is 10.4 Å². The SMILES string of the molecule is O=Cc1c(Cl)cccc1-c1cc(Cl)c(Cl)cc1Cl. The van der Waals surface area contributed by atoms with E-state index in [1.807, 2.05) is 0 Å². The number of benzene rings is 2. The van der Waals surface area contributed by atoms with E-state index in [4.69, 9.17) is 46.4 Å². The normalized spacial score (nSPS) is 10.4. The van der Waals surface area contributed by atoms with Crippen molar-refractivity contribution in [3.8, 4) is 11.1 Å². The van der Waals surface area contributed by atoms with E-state index in [2.05, 4.69) is 0 Å². The maximum absolute atomic E-state index is 11.1. The average molecular weight is 320 g/mol. The van der Waals surface area contributed by atoms with Crippen LogP contribution in [0, 0.1) is 0 Å². The molecule has 0 spiro atoms. The van der Waals surface area contributed by atoms with Gasteiger partial charge >= 0.3 is 0 Å². The molecule has 0 fully saturated rings. The summed E-state index contributed by atoms with van der Waals surface area (Å²) in [6.07, 6.45) is 0.691. The number of aldehydes is 1. The Labute approximate surface area is 124 Å². The van der Waals surface area contributed by atoms with Crippen molar-refractivity contribution in [2.24, 2.45) is 0 Å². The zero-order valence-electron chi connectivity index (χ0n) is 8.88. The van der Waals surface area contributed by atoms with Crippen LogP contribution in [0.25, 0.3) is 11.1 Å². The van der Waals surface area contributed by atoms with Gasteiger partial charge in [0, 0.05) is 11.1 Å². The van der Waals surface area contributed by atoms with E-state index in [1.54, 1.807) is 24.3 Å². The lowest BCUT2D eigenvalue weighted by molar-refractivity contribution is 0.112. The molecule has 0 aliphatic carbocycles. The van der Waals surface area contributed by atoms with Crippen LogP contribution in [0.15, 0.2) is 30.3 Å². The van der Waals surface area contributed by atoms with Crippen LogP contribution in [0.3, 0.4) is 0 Å². The minimum Gasteiger partial charge on any atom is -0.298 e. The third-order valence-electron chi connectivity index (χ3n) is 2.47. The molecule has 2 aromatic carbocycles. The van der Waals surface area contributed by atoms with Gasteiger partial charge in [0.1, 0.15) is 0 Å². The predicted molar refractivity (Wildman–Crippen MR) is 77.3 cm³/mol. The molecule has 0 saturated carbocycles. The number of halogens is 4. The van der Waals surface area contributed by atoms with E-state index in [0.29, 0.717) is 43.1 Å². The Balaban J connectivity index is 2.73. The van der Waals surface area contributed by atoms with Crippen molar-refractivity contribution < 1.29 is 4.79 Å². The molecule has 0 unspecified atom stereocenters. The quantitative estimate of drug-likeness (QED) is 0.506. The van der Waals surface area contributed by atoms with Gasteiger partial charge in [0.2, 0.25) is 0 Å². The van der Waals surface area contributed by atoms with Crippen molar-refractivity contribution in [2.75, 3.05) is 0 Å². The molecule has 0 N–H and O–H groups in total. The number of carbonyl (C=O) groups excluding carboxylic acids is 1. The second kappa shape index (κ2) is 5.50. The molecule has 0 aliphatic rings. The van der Waals surface area contributed by atoms with Gasteiger partial charge in [-0.25, -0.2) is 0 Å². The largest absolute Gasteiger partial charge is 0.298 e. The standard InChI is InChI=1S/C13H6Cl4O/c14-10-3-1-2-7(9(10)6-18)8-4-12(16)13(17)5-11(8)15/h1-6H. The molecule has 1 nitrogen and oxygen atoms in total. The topological polar surface area (TPSA) is 17.1 Å². The first kappa shape index (κ1) is 13.7. The van der Waals surface area contributed by atoms with Gasteiger partial charge in [0.25, 0.3) is 0 Å². The first-order chi connectivity index (χ1) is 8.54. The van der Waals surface area contributed by atoms with Gasteiger partial charge in [-0.15, -0.1) is 0 Å². The molecule has 0 radical (unpaired) electrons. The molecule has 0 saturated heterocycles. The predicted octanol–water partition coefficient (Wildman–Crippen LogP) is 5.78. The van der Waals surface area contributed by atoms with E-state index in [-0.39, 0.29) is 0 Å². The molecular formula is C13H6Cl4O. The molecule has 5 heteroatoms. The van der Waals surface area contributed by atoms with Crippen LogP contribution in [-0.2, 0) is 0 Å². The summed E-state index contributed by atoms with van der Waals surface area (Å²) in [6.45, 7) is 0. The lowest BCUT2D eigenvalue weighted by Crippen LogP contribution is -1.90. The van der Waals surface area contributed by atoms with Crippen LogP contribution >= 0.6 is 46.4 Å². The fourth-order valence-corrected chi connectivity index (χ4v) is 2.49. The summed E-state index contributed by atoms with van der Waals surface area (Å²) >= 11 is 23.9. The van der Waals surface area contributed by atoms with Crippen molar-refractivity contribution in [1.82, 2.24) is 0 Å². The van der Waals surface area contributed by atoms with E-state index < -0.39 is 0 Å². The van der Waals surface area contributed by atoms with Crippen molar-refractivity contribution >= 4 is 52.7 Å². The monoisotopic (exact) mass is 318 g/mol. The fraction of sp³-hybridized carbons (Fsp3) is 0. The Morgan fingerprint density at radius 2 is 1.44 bits per heavy atom. The highest BCUT2D eigenvalue weighted by molar-refractivity contribution is 6.44. The average Bonchev–Trinajstić information content (AvgIpc) is 2.33. The van der Waals surface area contributed by atoms with E-state index >= 15 is 0 Å². The van der Waals surface area contributed by atoms with Gasteiger partial charge in [0.15, 0.2) is 6.29 Å². The van der Waals surface area contributed by atoms with Crippen LogP contribution in [0.5, 0.6) is 0 Å². The third-order valence-corrected chi connectivity index (χ3v) is 3.84. The zero-order chi connectivity index (χ0) is 13.3. The van der Waals surface area contributed by atoms with E-state index in [1.165, 1.54) is 6.07 Å². The first-order valence-electron chi connectivity index (χ1n) is 4.93. The molecule has 0 atom stereocenters. The lowest BCUT2D eigenvalue weighted by atomic mass is 10.0. The summed E-state index contributed by atoms with van der Waals surface area (Å²) < 4.78 is 0. The minimum atomic E-state index is 0.361. The molecule has 0 aliphatic heterocycles. The second-order valence-electron chi connectivity index (χ2n) is 3.57. The van der Waals surface area contributed by atoms with Crippen molar-refractivity contribution in [3.05, 3.63) is 56.0 Å². The molecule has 0 amide bonds. The molecular weight excluding hydrogens is 314 g/mol. The molecule has 0 bridgehead atoms. The number of hydrogen-bond donors (Lipinski definition) is 0. The van der Waals surface area contributed by atoms with Crippen LogP contribution in [-0.4, -0.2) is 6.29 Å². The highest BCUT2D eigenvalue weighted by atomic mass is 35.5. The minimum absolute atomic E-state index is 0.361. The highest BCUT2D eigenvalue weighted by Crippen LogP contribution is 2.37. The smallest absolute Gasteiger partial charge is 0.152 e. The molecule has 18 heavy (non-hydrogen) atoms. The van der Waals surface area contributed by atoms with Gasteiger partial charge in [-0.05, 0) is 23.8 Å². The van der Waals surface area contributed by atoms with Gasteiger partial charge in [0.05, 0.1) is 20.1 Å². The van der Waals surface area contributed by atoms with Crippen molar-refractivity contribution in [1.29, 1.82) is 0 Å². The maximum Gasteiger partial charge on any atom is 0.152 e. The molecule has 0 aromatic heterocycles. The Bertz CT molecular complexity index is 623. The molecule has 2 aromatic rings. The van der Waals surface area contributed by atoms with E-state index in [0.717, 1.165) is 0 Å². The molecule has 0 heterocycles. The summed E-state index contributed by atoms with van der Waals surface area (Å²) in [7, 11) is 0. The van der Waals surface area contributed by atoms with Crippen LogP contribution in [0.2, 0.25) is 20.1 Å². The Kier molecular flexibility index (Phi) is 4.18. The second-order valence-corrected chi connectivity index (χ2v) is 5.19. The van der Waals surface area contributed by atoms with Crippen molar-refractivity contribution in [3.63, 3.8) is 0 Å². The van der Waals surface area contributed by atoms with Gasteiger partial charge in [-0.3, -0.25) is 4.79 Å². The third kappa shape index (κ3) is 2.50. The van der Waals surface area contributed by atoms with Crippen LogP contribution < -0.4 is 0 Å². The summed E-state index contributed by atoms with van der Waals surface area (Å²) in [5, 5.41) is 1.51. The maximum atomic E-state index is 11.1. The Morgan fingerprint density at radius 3 is 2.11 bits per heavy atom. The number of rotatable bonds is 2. The lowest BCUT2D eigenvalue weighted by Gasteiger charge is -2.10.